The Morgan fingerprint density at radius 1 is 1.20 bits per heavy atom. The third-order valence-electron chi connectivity index (χ3n) is 4.33. The van der Waals surface area contributed by atoms with E-state index in [1.165, 1.54) is 29.2 Å². The maximum absolute atomic E-state index is 13.2. The summed E-state index contributed by atoms with van der Waals surface area (Å²) >= 11 is 0. The van der Waals surface area contributed by atoms with Gasteiger partial charge < -0.3 is 15.2 Å². The Kier molecular flexibility index (Phi) is 3.68. The number of nitrogens with one attached hydrogen (secondary N) is 2. The molecule has 0 spiro atoms. The lowest BCUT2D eigenvalue weighted by molar-refractivity contribution is -0.128. The van der Waals surface area contributed by atoms with E-state index < -0.39 is 6.04 Å². The number of aromatic amines is 1. The Morgan fingerprint density at radius 3 is 2.80 bits per heavy atom. The number of rotatable bonds is 2. The van der Waals surface area contributed by atoms with Crippen molar-refractivity contribution < 1.29 is 14.0 Å². The number of carbonyl (C=O) groups excluding carboxylic acids is 2. The number of H-pyrrole nitrogens is 1. The van der Waals surface area contributed by atoms with E-state index in [4.69, 9.17) is 0 Å². The molecule has 3 aromatic rings. The number of hydrogen-bond donors (Lipinski definition) is 2. The minimum atomic E-state index is -0.778. The van der Waals surface area contributed by atoms with Crippen molar-refractivity contribution in [3.63, 3.8) is 0 Å². The van der Waals surface area contributed by atoms with E-state index in [2.05, 4.69) is 15.3 Å². The van der Waals surface area contributed by atoms with E-state index in [1.54, 1.807) is 24.5 Å². The molecule has 0 radical (unpaired) electrons. The highest BCUT2D eigenvalue weighted by Crippen LogP contribution is 2.26. The molecule has 0 aliphatic carbocycles. The zero-order chi connectivity index (χ0) is 17.4. The van der Waals surface area contributed by atoms with Gasteiger partial charge in [0.05, 0.1) is 17.4 Å². The van der Waals surface area contributed by atoms with Gasteiger partial charge in [-0.05, 0) is 35.9 Å². The summed E-state index contributed by atoms with van der Waals surface area (Å²) in [6.45, 7) is 0.766. The molecule has 7 heteroatoms. The number of benzene rings is 2. The van der Waals surface area contributed by atoms with Crippen LogP contribution in [0.4, 0.5) is 4.39 Å². The molecule has 25 heavy (non-hydrogen) atoms. The first kappa shape index (κ1) is 15.3. The largest absolute Gasteiger partial charge is 0.352 e. The molecule has 0 saturated carbocycles. The lowest BCUT2D eigenvalue weighted by atomic mass is 10.0. The average molecular weight is 338 g/mol. The van der Waals surface area contributed by atoms with Crippen LogP contribution in [0, 0.1) is 5.82 Å². The van der Waals surface area contributed by atoms with Crippen LogP contribution in [-0.2, 0) is 4.79 Å². The van der Waals surface area contributed by atoms with E-state index >= 15 is 0 Å². The fourth-order valence-corrected chi connectivity index (χ4v) is 3.10. The number of hydrogen-bond acceptors (Lipinski definition) is 3. The first-order valence-electron chi connectivity index (χ1n) is 7.91. The molecule has 1 aromatic heterocycles. The number of fused-ring (bicyclic) bond motifs is 1. The van der Waals surface area contributed by atoms with Gasteiger partial charge in [0.15, 0.2) is 0 Å². The number of aromatic nitrogens is 2. The lowest BCUT2D eigenvalue weighted by Crippen LogP contribution is -2.52. The summed E-state index contributed by atoms with van der Waals surface area (Å²) in [5, 5.41) is 2.76. The molecule has 2 N–H and O–H groups in total. The van der Waals surface area contributed by atoms with Crippen LogP contribution in [0.3, 0.4) is 0 Å². The van der Waals surface area contributed by atoms with Gasteiger partial charge in [0, 0.05) is 18.7 Å². The molecular weight excluding hydrogens is 323 g/mol. The highest BCUT2D eigenvalue weighted by atomic mass is 19.1. The number of carbonyl (C=O) groups is 2. The predicted octanol–water partition coefficient (Wildman–Crippen LogP) is 2.02. The Morgan fingerprint density at radius 2 is 2.00 bits per heavy atom. The second-order valence-corrected chi connectivity index (χ2v) is 5.88. The number of halogens is 1. The summed E-state index contributed by atoms with van der Waals surface area (Å²) in [6, 6.07) is 10.0. The first-order chi connectivity index (χ1) is 12.1. The number of imidazole rings is 1. The van der Waals surface area contributed by atoms with Crippen LogP contribution in [0.5, 0.6) is 0 Å². The summed E-state index contributed by atoms with van der Waals surface area (Å²) in [5.74, 6) is -0.906. The Hall–Kier alpha value is -3.22. The van der Waals surface area contributed by atoms with Crippen molar-refractivity contribution in [1.29, 1.82) is 0 Å². The number of piperazine rings is 1. The second-order valence-electron chi connectivity index (χ2n) is 5.88. The van der Waals surface area contributed by atoms with Crippen molar-refractivity contribution >= 4 is 22.8 Å². The Bertz CT molecular complexity index is 951. The molecule has 1 saturated heterocycles. The van der Waals surface area contributed by atoms with Gasteiger partial charge in [0.25, 0.3) is 5.91 Å². The summed E-state index contributed by atoms with van der Waals surface area (Å²) in [7, 11) is 0. The molecule has 1 fully saturated rings. The van der Waals surface area contributed by atoms with E-state index in [-0.39, 0.29) is 17.6 Å². The Labute approximate surface area is 142 Å². The normalized spacial score (nSPS) is 17.6. The fourth-order valence-electron chi connectivity index (χ4n) is 3.10. The molecule has 2 amide bonds. The van der Waals surface area contributed by atoms with Crippen LogP contribution in [0.2, 0.25) is 0 Å². The number of amides is 2. The molecule has 0 bridgehead atoms. The van der Waals surface area contributed by atoms with Gasteiger partial charge in [-0.25, -0.2) is 9.37 Å². The van der Waals surface area contributed by atoms with E-state index in [9.17, 15) is 14.0 Å². The van der Waals surface area contributed by atoms with Crippen molar-refractivity contribution in [1.82, 2.24) is 20.2 Å². The number of nitrogens with zero attached hydrogens (tertiary/aromatic N) is 2. The second kappa shape index (κ2) is 6.01. The predicted molar refractivity (Wildman–Crippen MR) is 89.3 cm³/mol. The molecule has 4 rings (SSSR count). The van der Waals surface area contributed by atoms with Gasteiger partial charge in [-0.15, -0.1) is 0 Å². The summed E-state index contributed by atoms with van der Waals surface area (Å²) in [4.78, 5) is 34.0. The third kappa shape index (κ3) is 2.73. The van der Waals surface area contributed by atoms with Crippen LogP contribution in [-0.4, -0.2) is 39.8 Å². The highest BCUT2D eigenvalue weighted by molar-refractivity contribution is 6.00. The maximum atomic E-state index is 13.2. The van der Waals surface area contributed by atoms with E-state index in [1.807, 2.05) is 0 Å². The van der Waals surface area contributed by atoms with Gasteiger partial charge in [-0.1, -0.05) is 12.1 Å². The Balaban J connectivity index is 1.71. The highest BCUT2D eigenvalue weighted by Gasteiger charge is 2.34. The minimum Gasteiger partial charge on any atom is -0.352 e. The third-order valence-corrected chi connectivity index (χ3v) is 4.33. The minimum absolute atomic E-state index is 0.249. The van der Waals surface area contributed by atoms with Gasteiger partial charge in [0.2, 0.25) is 5.91 Å². The molecule has 1 aliphatic heterocycles. The van der Waals surface area contributed by atoms with Crippen LogP contribution < -0.4 is 5.32 Å². The van der Waals surface area contributed by atoms with Crippen LogP contribution in [0.15, 0.2) is 48.8 Å². The molecule has 126 valence electrons. The van der Waals surface area contributed by atoms with E-state index in [0.29, 0.717) is 24.2 Å². The summed E-state index contributed by atoms with van der Waals surface area (Å²) in [6.07, 6.45) is 1.56. The maximum Gasteiger partial charge on any atom is 0.254 e. The standard InChI is InChI=1S/C18H15FN4O2/c19-13-4-1-11(2-5-13)16-17(24)20-7-8-23(16)18(25)12-3-6-14-15(9-12)22-10-21-14/h1-6,9-10,16H,7-8H2,(H,20,24)(H,21,22). The molecule has 1 unspecified atom stereocenters. The van der Waals surface area contributed by atoms with Crippen molar-refractivity contribution in [2.75, 3.05) is 13.1 Å². The summed E-state index contributed by atoms with van der Waals surface area (Å²) in [5.41, 5.74) is 2.57. The smallest absolute Gasteiger partial charge is 0.254 e. The first-order valence-corrected chi connectivity index (χ1v) is 7.91. The van der Waals surface area contributed by atoms with Crippen molar-refractivity contribution in [3.8, 4) is 0 Å². The topological polar surface area (TPSA) is 78.1 Å². The van der Waals surface area contributed by atoms with Gasteiger partial charge >= 0.3 is 0 Å². The molecule has 2 heterocycles. The molecule has 1 aliphatic rings. The quantitative estimate of drug-likeness (QED) is 0.750. The SMILES string of the molecule is O=C1NCCN(C(=O)c2ccc3nc[nH]c3c2)C1c1ccc(F)cc1. The van der Waals surface area contributed by atoms with Gasteiger partial charge in [-0.3, -0.25) is 9.59 Å². The summed E-state index contributed by atoms with van der Waals surface area (Å²) < 4.78 is 13.2. The van der Waals surface area contributed by atoms with Gasteiger partial charge in [-0.2, -0.15) is 0 Å². The fraction of sp³-hybridized carbons (Fsp3) is 0.167. The molecule has 2 aromatic carbocycles. The lowest BCUT2D eigenvalue weighted by Gasteiger charge is -2.35. The van der Waals surface area contributed by atoms with Crippen LogP contribution in [0.1, 0.15) is 22.0 Å². The van der Waals surface area contributed by atoms with Gasteiger partial charge in [0.1, 0.15) is 11.9 Å². The van der Waals surface area contributed by atoms with Crippen molar-refractivity contribution in [3.05, 3.63) is 65.7 Å². The van der Waals surface area contributed by atoms with Crippen molar-refractivity contribution in [2.45, 2.75) is 6.04 Å². The zero-order valence-corrected chi connectivity index (χ0v) is 13.2. The molecule has 1 atom stereocenters. The average Bonchev–Trinajstić information content (AvgIpc) is 3.09. The van der Waals surface area contributed by atoms with Crippen LogP contribution >= 0.6 is 0 Å². The molecular formula is C18H15FN4O2. The van der Waals surface area contributed by atoms with Crippen molar-refractivity contribution in [2.24, 2.45) is 0 Å². The molecule has 6 nitrogen and oxygen atoms in total. The monoisotopic (exact) mass is 338 g/mol. The zero-order valence-electron chi connectivity index (χ0n) is 13.2. The van der Waals surface area contributed by atoms with E-state index in [0.717, 1.165) is 11.0 Å². The van der Waals surface area contributed by atoms with Crippen LogP contribution in [0.25, 0.3) is 11.0 Å².